The molecule has 1 atom stereocenters. The minimum atomic E-state index is -3.90. The number of esters is 1. The molecule has 12 heteroatoms. The molecule has 0 spiro atoms. The highest BCUT2D eigenvalue weighted by atomic mass is 35.5. The van der Waals surface area contributed by atoms with Crippen LogP contribution in [0.2, 0.25) is 5.02 Å². The molecule has 1 fully saturated rings. The average molecular weight is 550 g/mol. The molecule has 1 aliphatic heterocycles. The largest absolute Gasteiger partial charge is 0.465 e. The molecule has 3 heterocycles. The minimum absolute atomic E-state index is 0.0173. The summed E-state index contributed by atoms with van der Waals surface area (Å²) in [5.41, 5.74) is 2.36. The van der Waals surface area contributed by atoms with E-state index in [0.29, 0.717) is 53.7 Å². The highest BCUT2D eigenvalue weighted by Crippen LogP contribution is 2.30. The molecule has 5 rings (SSSR count). The van der Waals surface area contributed by atoms with E-state index in [1.54, 1.807) is 22.7 Å². The third kappa shape index (κ3) is 5.01. The van der Waals surface area contributed by atoms with Crippen molar-refractivity contribution in [2.75, 3.05) is 32.1 Å². The summed E-state index contributed by atoms with van der Waals surface area (Å²) in [5, 5.41) is 8.33. The van der Waals surface area contributed by atoms with E-state index in [4.69, 9.17) is 24.2 Å². The number of carbonyl (C=O) groups excluding carboxylic acids is 1. The SMILES string of the molecule is [B]c1cnn2c(NCC3CCCN(S(=O)(=O)c4ccccc4C(=O)OC)C3)cc(-c3ccccc3Cl)nc12. The van der Waals surface area contributed by atoms with Crippen molar-refractivity contribution in [2.24, 2.45) is 5.92 Å². The first-order chi connectivity index (χ1) is 18.3. The summed E-state index contributed by atoms with van der Waals surface area (Å²) in [5.74, 6) is -0.00439. The standard InChI is InChI=1S/C26H25BClN5O4S/c1-37-26(34)19-9-3-5-11-23(19)38(35,36)32-12-6-7-17(16-32)14-29-24-13-22(18-8-2-4-10-21(18)28)31-25-20(27)15-30-33(24)25/h2-5,8-11,13,15,17,29H,6-7,12,14,16H2,1H3. The second kappa shape index (κ2) is 10.8. The van der Waals surface area contributed by atoms with Crippen LogP contribution in [0, 0.1) is 5.92 Å². The van der Waals surface area contributed by atoms with E-state index in [1.807, 2.05) is 24.3 Å². The third-order valence-corrected chi connectivity index (χ3v) is 8.87. The van der Waals surface area contributed by atoms with Crippen LogP contribution in [-0.2, 0) is 14.8 Å². The van der Waals surface area contributed by atoms with Crippen LogP contribution in [0.1, 0.15) is 23.2 Å². The Balaban J connectivity index is 1.38. The lowest BCUT2D eigenvalue weighted by Gasteiger charge is -2.32. The molecule has 1 N–H and O–H groups in total. The van der Waals surface area contributed by atoms with Crippen molar-refractivity contribution in [1.29, 1.82) is 0 Å². The molecule has 0 saturated carbocycles. The topological polar surface area (TPSA) is 106 Å². The predicted molar refractivity (Wildman–Crippen MR) is 147 cm³/mol. The van der Waals surface area contributed by atoms with Gasteiger partial charge >= 0.3 is 5.97 Å². The zero-order valence-electron chi connectivity index (χ0n) is 20.7. The van der Waals surface area contributed by atoms with E-state index >= 15 is 0 Å². The fourth-order valence-electron chi connectivity index (χ4n) is 4.68. The fourth-order valence-corrected chi connectivity index (χ4v) is 6.65. The number of carbonyl (C=O) groups is 1. The van der Waals surface area contributed by atoms with Gasteiger partial charge in [0, 0.05) is 42.5 Å². The highest BCUT2D eigenvalue weighted by Gasteiger charge is 2.33. The molecular weight excluding hydrogens is 525 g/mol. The van der Waals surface area contributed by atoms with E-state index < -0.39 is 16.0 Å². The molecule has 194 valence electrons. The van der Waals surface area contributed by atoms with Gasteiger partial charge in [-0.1, -0.05) is 41.9 Å². The monoisotopic (exact) mass is 549 g/mol. The van der Waals surface area contributed by atoms with Crippen molar-refractivity contribution in [2.45, 2.75) is 17.7 Å². The van der Waals surface area contributed by atoms with Crippen LogP contribution in [0.5, 0.6) is 0 Å². The molecule has 2 radical (unpaired) electrons. The Morgan fingerprint density at radius 2 is 1.97 bits per heavy atom. The lowest BCUT2D eigenvalue weighted by Crippen LogP contribution is -2.42. The Morgan fingerprint density at radius 3 is 2.76 bits per heavy atom. The number of anilines is 1. The summed E-state index contributed by atoms with van der Waals surface area (Å²) in [4.78, 5) is 16.8. The van der Waals surface area contributed by atoms with Crippen molar-refractivity contribution in [3.05, 3.63) is 71.4 Å². The van der Waals surface area contributed by atoms with Gasteiger partial charge in [-0.15, -0.1) is 0 Å². The van der Waals surface area contributed by atoms with Crippen LogP contribution in [0.25, 0.3) is 16.9 Å². The Kier molecular flexibility index (Phi) is 7.42. The van der Waals surface area contributed by atoms with Gasteiger partial charge in [-0.25, -0.2) is 18.2 Å². The number of methoxy groups -OCH3 is 1. The Hall–Kier alpha value is -3.41. The first kappa shape index (κ1) is 26.2. The fraction of sp³-hybridized carbons (Fsp3) is 0.269. The van der Waals surface area contributed by atoms with Crippen molar-refractivity contribution < 1.29 is 17.9 Å². The molecule has 0 amide bonds. The van der Waals surface area contributed by atoms with Gasteiger partial charge in [0.1, 0.15) is 13.7 Å². The summed E-state index contributed by atoms with van der Waals surface area (Å²) in [6, 6.07) is 15.4. The summed E-state index contributed by atoms with van der Waals surface area (Å²) in [6.45, 7) is 1.17. The van der Waals surface area contributed by atoms with Gasteiger partial charge in [-0.2, -0.15) is 13.9 Å². The van der Waals surface area contributed by atoms with Crippen LogP contribution >= 0.6 is 11.6 Å². The Labute approximate surface area is 227 Å². The average Bonchev–Trinajstić information content (AvgIpc) is 3.32. The summed E-state index contributed by atoms with van der Waals surface area (Å²) >= 11 is 6.42. The predicted octanol–water partition coefficient (Wildman–Crippen LogP) is 3.14. The van der Waals surface area contributed by atoms with Gasteiger partial charge < -0.3 is 10.1 Å². The van der Waals surface area contributed by atoms with Crippen LogP contribution in [-0.4, -0.2) is 67.9 Å². The lowest BCUT2D eigenvalue weighted by molar-refractivity contribution is 0.0596. The highest BCUT2D eigenvalue weighted by molar-refractivity contribution is 7.89. The number of rotatable bonds is 7. The maximum absolute atomic E-state index is 13.5. The smallest absolute Gasteiger partial charge is 0.339 e. The quantitative estimate of drug-likeness (QED) is 0.279. The second-order valence-corrected chi connectivity index (χ2v) is 11.4. The number of fused-ring (bicyclic) bond motifs is 1. The van der Waals surface area contributed by atoms with Gasteiger partial charge in [-0.05, 0) is 42.4 Å². The van der Waals surface area contributed by atoms with Crippen molar-refractivity contribution in [1.82, 2.24) is 18.9 Å². The van der Waals surface area contributed by atoms with Gasteiger partial charge in [0.05, 0.1) is 23.3 Å². The number of hydrogen-bond donors (Lipinski definition) is 1. The molecule has 2 aromatic carbocycles. The van der Waals surface area contributed by atoms with Crippen molar-refractivity contribution >= 4 is 52.4 Å². The molecule has 2 aromatic heterocycles. The van der Waals surface area contributed by atoms with E-state index in [9.17, 15) is 13.2 Å². The first-order valence-electron chi connectivity index (χ1n) is 12.1. The maximum atomic E-state index is 13.5. The molecule has 1 aliphatic rings. The first-order valence-corrected chi connectivity index (χ1v) is 13.9. The number of nitrogens with one attached hydrogen (secondary N) is 1. The van der Waals surface area contributed by atoms with Crippen LogP contribution < -0.4 is 10.8 Å². The zero-order valence-corrected chi connectivity index (χ0v) is 22.2. The number of halogens is 1. The number of piperidine rings is 1. The Morgan fingerprint density at radius 1 is 1.21 bits per heavy atom. The molecule has 1 saturated heterocycles. The zero-order chi connectivity index (χ0) is 26.9. The summed E-state index contributed by atoms with van der Waals surface area (Å²) in [7, 11) is 3.46. The number of sulfonamides is 1. The Bertz CT molecular complexity index is 1610. The number of nitrogens with zero attached hydrogens (tertiary/aromatic N) is 4. The van der Waals surface area contributed by atoms with Gasteiger partial charge in [0.15, 0.2) is 5.65 Å². The van der Waals surface area contributed by atoms with Crippen molar-refractivity contribution in [3.63, 3.8) is 0 Å². The number of aromatic nitrogens is 3. The molecule has 0 bridgehead atoms. The van der Waals surface area contributed by atoms with E-state index in [0.717, 1.165) is 12.0 Å². The van der Waals surface area contributed by atoms with E-state index in [2.05, 4.69) is 15.4 Å². The molecule has 4 aromatic rings. The molecule has 38 heavy (non-hydrogen) atoms. The minimum Gasteiger partial charge on any atom is -0.465 e. The molecule has 9 nitrogen and oxygen atoms in total. The van der Waals surface area contributed by atoms with E-state index in [-0.39, 0.29) is 16.4 Å². The van der Waals surface area contributed by atoms with Gasteiger partial charge in [-0.3, -0.25) is 0 Å². The van der Waals surface area contributed by atoms with Gasteiger partial charge in [0.25, 0.3) is 0 Å². The number of ether oxygens (including phenoxy) is 1. The molecule has 0 aliphatic carbocycles. The van der Waals surface area contributed by atoms with Crippen LogP contribution in [0.4, 0.5) is 5.82 Å². The second-order valence-electron chi connectivity index (χ2n) is 9.08. The maximum Gasteiger partial charge on any atom is 0.339 e. The lowest BCUT2D eigenvalue weighted by atomic mass is 9.99. The van der Waals surface area contributed by atoms with Crippen LogP contribution in [0.15, 0.2) is 65.7 Å². The summed E-state index contributed by atoms with van der Waals surface area (Å²) < 4.78 is 34.9. The molecular formula is C26H25BClN5O4S. The van der Waals surface area contributed by atoms with E-state index in [1.165, 1.54) is 29.7 Å². The number of benzene rings is 2. The normalized spacial score (nSPS) is 16.4. The van der Waals surface area contributed by atoms with Crippen molar-refractivity contribution in [3.8, 4) is 11.3 Å². The summed E-state index contributed by atoms with van der Waals surface area (Å²) in [6.07, 6.45) is 3.07. The van der Waals surface area contributed by atoms with Crippen LogP contribution in [0.3, 0.4) is 0 Å². The third-order valence-electron chi connectivity index (χ3n) is 6.61. The number of hydrogen-bond acceptors (Lipinski definition) is 7. The van der Waals surface area contributed by atoms with Gasteiger partial charge in [0.2, 0.25) is 10.0 Å². The molecule has 1 unspecified atom stereocenters.